The minimum absolute atomic E-state index is 0.159. The highest BCUT2D eigenvalue weighted by atomic mass is 32.1. The molecule has 0 saturated carbocycles. The van der Waals surface area contributed by atoms with Gasteiger partial charge in [0, 0.05) is 12.7 Å². The Morgan fingerprint density at radius 3 is 2.62 bits per heavy atom. The van der Waals surface area contributed by atoms with Crippen LogP contribution in [0.3, 0.4) is 0 Å². The first-order chi connectivity index (χ1) is 12.6. The molecule has 2 aromatic carbocycles. The van der Waals surface area contributed by atoms with Gasteiger partial charge < -0.3 is 9.88 Å². The third-order valence-corrected chi connectivity index (χ3v) is 4.36. The summed E-state index contributed by atoms with van der Waals surface area (Å²) < 4.78 is 1.92. The number of fused-ring (bicyclic) bond motifs is 1. The number of aromatic nitrogens is 2. The first-order valence-electron chi connectivity index (χ1n) is 8.42. The average Bonchev–Trinajstić information content (AvgIpc) is 2.96. The number of hydrazine groups is 1. The monoisotopic (exact) mass is 367 g/mol. The molecule has 0 unspecified atom stereocenters. The number of hydrogen-bond acceptors (Lipinski definition) is 3. The molecule has 1 heterocycles. The van der Waals surface area contributed by atoms with Crippen molar-refractivity contribution >= 4 is 40.0 Å². The molecule has 0 bridgehead atoms. The standard InChI is InChI=1S/C19H21N5OS/c1-3-13-8-4-5-9-14(13)21-19(26)23-22-18(25)12-17-20-15-10-6-7-11-16(15)24(17)2/h4-11H,3,12H2,1-2H3,(H,22,25)(H2,21,23,26). The predicted molar refractivity (Wildman–Crippen MR) is 108 cm³/mol. The Morgan fingerprint density at radius 2 is 1.85 bits per heavy atom. The number of amides is 1. The molecule has 0 aliphatic rings. The van der Waals surface area contributed by atoms with Crippen LogP contribution in [-0.2, 0) is 24.7 Å². The van der Waals surface area contributed by atoms with Gasteiger partial charge in [0.1, 0.15) is 5.82 Å². The van der Waals surface area contributed by atoms with E-state index in [-0.39, 0.29) is 12.3 Å². The molecule has 6 nitrogen and oxygen atoms in total. The van der Waals surface area contributed by atoms with E-state index in [1.165, 1.54) is 0 Å². The van der Waals surface area contributed by atoms with Crippen molar-refractivity contribution in [1.29, 1.82) is 0 Å². The molecule has 0 aliphatic carbocycles. The molecule has 3 N–H and O–H groups in total. The molecule has 1 amide bonds. The summed E-state index contributed by atoms with van der Waals surface area (Å²) in [7, 11) is 1.90. The summed E-state index contributed by atoms with van der Waals surface area (Å²) in [5, 5.41) is 3.44. The maximum Gasteiger partial charge on any atom is 0.245 e. The number of imidazole rings is 1. The number of anilines is 1. The minimum Gasteiger partial charge on any atom is -0.331 e. The lowest BCUT2D eigenvalue weighted by molar-refractivity contribution is -0.121. The molecule has 1 aromatic heterocycles. The van der Waals surface area contributed by atoms with Crippen molar-refractivity contribution in [1.82, 2.24) is 20.4 Å². The summed E-state index contributed by atoms with van der Waals surface area (Å²) >= 11 is 5.25. The summed E-state index contributed by atoms with van der Waals surface area (Å²) in [6.07, 6.45) is 1.05. The zero-order chi connectivity index (χ0) is 18.5. The van der Waals surface area contributed by atoms with Crippen LogP contribution >= 0.6 is 12.2 Å². The zero-order valence-corrected chi connectivity index (χ0v) is 15.6. The predicted octanol–water partition coefficient (Wildman–Crippen LogP) is 2.70. The number of hydrogen-bond donors (Lipinski definition) is 3. The van der Waals surface area contributed by atoms with Gasteiger partial charge in [-0.05, 0) is 42.4 Å². The second-order valence-electron chi connectivity index (χ2n) is 5.89. The summed E-state index contributed by atoms with van der Waals surface area (Å²) in [6.45, 7) is 2.08. The van der Waals surface area contributed by atoms with Gasteiger partial charge in [0.25, 0.3) is 0 Å². The van der Waals surface area contributed by atoms with Gasteiger partial charge >= 0.3 is 0 Å². The van der Waals surface area contributed by atoms with E-state index in [9.17, 15) is 4.79 Å². The fourth-order valence-corrected chi connectivity index (χ4v) is 2.93. The zero-order valence-electron chi connectivity index (χ0n) is 14.7. The second kappa shape index (κ2) is 7.97. The van der Waals surface area contributed by atoms with Crippen LogP contribution in [0.25, 0.3) is 11.0 Å². The van der Waals surface area contributed by atoms with Gasteiger partial charge in [0.2, 0.25) is 5.91 Å². The number of carbonyl (C=O) groups is 1. The number of rotatable bonds is 4. The first-order valence-corrected chi connectivity index (χ1v) is 8.83. The number of thiocarbonyl (C=S) groups is 1. The third kappa shape index (κ3) is 4.00. The molecule has 0 fully saturated rings. The summed E-state index contributed by atoms with van der Waals surface area (Å²) in [4.78, 5) is 16.7. The lowest BCUT2D eigenvalue weighted by atomic mass is 10.1. The van der Waals surface area contributed by atoms with E-state index in [1.807, 2.05) is 60.1 Å². The lowest BCUT2D eigenvalue weighted by Gasteiger charge is -2.14. The van der Waals surface area contributed by atoms with Crippen molar-refractivity contribution in [2.75, 3.05) is 5.32 Å². The number of nitrogens with zero attached hydrogens (tertiary/aromatic N) is 2. The molecule has 3 rings (SSSR count). The Kier molecular flexibility index (Phi) is 5.48. The maximum absolute atomic E-state index is 12.2. The van der Waals surface area contributed by atoms with Gasteiger partial charge in [-0.2, -0.15) is 0 Å². The molecule has 0 aliphatic heterocycles. The van der Waals surface area contributed by atoms with E-state index >= 15 is 0 Å². The van der Waals surface area contributed by atoms with Gasteiger partial charge in [0.15, 0.2) is 5.11 Å². The molecule has 0 atom stereocenters. The smallest absolute Gasteiger partial charge is 0.245 e. The van der Waals surface area contributed by atoms with E-state index in [0.29, 0.717) is 10.9 Å². The molecule has 0 saturated heterocycles. The summed E-state index contributed by atoms with van der Waals surface area (Å²) in [5.41, 5.74) is 9.31. The van der Waals surface area contributed by atoms with Crippen molar-refractivity contribution in [3.63, 3.8) is 0 Å². The van der Waals surface area contributed by atoms with Gasteiger partial charge in [0.05, 0.1) is 17.5 Å². The SMILES string of the molecule is CCc1ccccc1NC(=S)NNC(=O)Cc1nc2ccccc2n1C. The maximum atomic E-state index is 12.2. The minimum atomic E-state index is -0.212. The molecule has 3 aromatic rings. The van der Waals surface area contributed by atoms with Crippen molar-refractivity contribution in [2.24, 2.45) is 7.05 Å². The Labute approximate surface area is 157 Å². The fraction of sp³-hybridized carbons (Fsp3) is 0.211. The number of carbonyl (C=O) groups excluding carboxylic acids is 1. The summed E-state index contributed by atoms with van der Waals surface area (Å²) in [5.74, 6) is 0.483. The van der Waals surface area contributed by atoms with E-state index in [1.54, 1.807) is 0 Å². The van der Waals surface area contributed by atoms with Crippen molar-refractivity contribution in [3.05, 3.63) is 59.9 Å². The van der Waals surface area contributed by atoms with Crippen LogP contribution in [0.5, 0.6) is 0 Å². The Balaban J connectivity index is 1.56. The van der Waals surface area contributed by atoms with Crippen LogP contribution in [0.2, 0.25) is 0 Å². The number of aryl methyl sites for hydroxylation is 2. The van der Waals surface area contributed by atoms with Crippen LogP contribution in [0.15, 0.2) is 48.5 Å². The van der Waals surface area contributed by atoms with E-state index in [0.717, 1.165) is 28.7 Å². The molecular formula is C19H21N5OS. The van der Waals surface area contributed by atoms with Crippen LogP contribution < -0.4 is 16.2 Å². The molecule has 26 heavy (non-hydrogen) atoms. The number of benzene rings is 2. The highest BCUT2D eigenvalue weighted by molar-refractivity contribution is 7.80. The van der Waals surface area contributed by atoms with Crippen LogP contribution in [0.1, 0.15) is 18.3 Å². The molecule has 0 radical (unpaired) electrons. The fourth-order valence-electron chi connectivity index (χ4n) is 2.77. The van der Waals surface area contributed by atoms with Crippen molar-refractivity contribution in [3.8, 4) is 0 Å². The van der Waals surface area contributed by atoms with E-state index in [4.69, 9.17) is 12.2 Å². The van der Waals surface area contributed by atoms with E-state index in [2.05, 4.69) is 28.1 Å². The van der Waals surface area contributed by atoms with Gasteiger partial charge in [-0.1, -0.05) is 37.3 Å². The highest BCUT2D eigenvalue weighted by Gasteiger charge is 2.12. The summed E-state index contributed by atoms with van der Waals surface area (Å²) in [6, 6.07) is 15.7. The number of nitrogens with one attached hydrogen (secondary N) is 3. The molecular weight excluding hydrogens is 346 g/mol. The lowest BCUT2D eigenvalue weighted by Crippen LogP contribution is -2.44. The van der Waals surface area contributed by atoms with Crippen LogP contribution in [-0.4, -0.2) is 20.6 Å². The molecule has 134 valence electrons. The first kappa shape index (κ1) is 17.9. The van der Waals surface area contributed by atoms with Gasteiger partial charge in [-0.3, -0.25) is 15.6 Å². The Hall–Kier alpha value is -2.93. The number of para-hydroxylation sites is 3. The van der Waals surface area contributed by atoms with Crippen molar-refractivity contribution in [2.45, 2.75) is 19.8 Å². The quantitative estimate of drug-likeness (QED) is 0.489. The Bertz CT molecular complexity index is 950. The van der Waals surface area contributed by atoms with Gasteiger partial charge in [-0.15, -0.1) is 0 Å². The van der Waals surface area contributed by atoms with E-state index < -0.39 is 0 Å². The average molecular weight is 367 g/mol. The van der Waals surface area contributed by atoms with Crippen LogP contribution in [0.4, 0.5) is 5.69 Å². The molecule has 7 heteroatoms. The van der Waals surface area contributed by atoms with Crippen LogP contribution in [0, 0.1) is 0 Å². The third-order valence-electron chi connectivity index (χ3n) is 4.16. The van der Waals surface area contributed by atoms with Crippen molar-refractivity contribution < 1.29 is 4.79 Å². The Morgan fingerprint density at radius 1 is 1.12 bits per heavy atom. The molecule has 0 spiro atoms. The second-order valence-corrected chi connectivity index (χ2v) is 6.30. The van der Waals surface area contributed by atoms with Gasteiger partial charge in [-0.25, -0.2) is 4.98 Å². The topological polar surface area (TPSA) is 71.0 Å². The normalized spacial score (nSPS) is 10.5. The highest BCUT2D eigenvalue weighted by Crippen LogP contribution is 2.15. The largest absolute Gasteiger partial charge is 0.331 e.